The minimum atomic E-state index is -3.55. The predicted molar refractivity (Wildman–Crippen MR) is 67.4 cm³/mol. The second kappa shape index (κ2) is 5.37. The smallest absolute Gasteiger partial charge is 0.260 e. The zero-order valence-electron chi connectivity index (χ0n) is 10.4. The van der Waals surface area contributed by atoms with E-state index in [-0.39, 0.29) is 22.9 Å². The van der Waals surface area contributed by atoms with Crippen LogP contribution >= 0.6 is 11.6 Å². The highest BCUT2D eigenvalue weighted by Crippen LogP contribution is 2.21. The molecule has 0 amide bonds. The van der Waals surface area contributed by atoms with Gasteiger partial charge in [-0.25, -0.2) is 8.42 Å². The Morgan fingerprint density at radius 2 is 2.06 bits per heavy atom. The number of nitrogens with zero attached hydrogens (tertiary/aromatic N) is 2. The molecule has 0 bridgehead atoms. The normalized spacial score (nSPS) is 14.5. The van der Waals surface area contributed by atoms with Crippen molar-refractivity contribution in [1.82, 2.24) is 14.5 Å². The van der Waals surface area contributed by atoms with Crippen LogP contribution in [0.2, 0.25) is 0 Å². The molecule has 7 heteroatoms. The summed E-state index contributed by atoms with van der Waals surface area (Å²) in [6.45, 7) is 5.83. The van der Waals surface area contributed by atoms with E-state index >= 15 is 0 Å². The number of alkyl halides is 1. The van der Waals surface area contributed by atoms with Crippen molar-refractivity contribution in [3.8, 4) is 0 Å². The summed E-state index contributed by atoms with van der Waals surface area (Å²) in [5.74, 6) is 0.353. The zero-order chi connectivity index (χ0) is 13.2. The van der Waals surface area contributed by atoms with Crippen molar-refractivity contribution in [1.29, 1.82) is 0 Å². The summed E-state index contributed by atoms with van der Waals surface area (Å²) < 4.78 is 26.0. The third-order valence-corrected chi connectivity index (χ3v) is 5.25. The van der Waals surface area contributed by atoms with Crippen molar-refractivity contribution in [2.75, 3.05) is 7.05 Å². The molecule has 1 heterocycles. The van der Waals surface area contributed by atoms with Gasteiger partial charge in [-0.2, -0.15) is 9.40 Å². The Labute approximate surface area is 107 Å². The average Bonchev–Trinajstić information content (AvgIpc) is 2.75. The summed E-state index contributed by atoms with van der Waals surface area (Å²) in [5.41, 5.74) is 0.495. The Morgan fingerprint density at radius 1 is 1.47 bits per heavy atom. The number of sulfonamides is 1. The van der Waals surface area contributed by atoms with Crippen LogP contribution in [0, 0.1) is 5.92 Å². The lowest BCUT2D eigenvalue weighted by atomic mass is 10.1. The lowest BCUT2D eigenvalue weighted by Gasteiger charge is -2.26. The molecular formula is C10H18ClN3O2S. The van der Waals surface area contributed by atoms with Gasteiger partial charge in [0.15, 0.2) is 5.03 Å². The first-order valence-electron chi connectivity index (χ1n) is 5.38. The minimum absolute atomic E-state index is 0.0856. The lowest BCUT2D eigenvalue weighted by molar-refractivity contribution is 0.314. The summed E-state index contributed by atoms with van der Waals surface area (Å²) in [5, 5.41) is 6.32. The molecule has 0 aromatic carbocycles. The maximum atomic E-state index is 12.3. The fourth-order valence-electron chi connectivity index (χ4n) is 1.40. The average molecular weight is 280 g/mol. The number of hydrogen-bond acceptors (Lipinski definition) is 3. The van der Waals surface area contributed by atoms with E-state index in [1.165, 1.54) is 10.5 Å². The first kappa shape index (κ1) is 14.5. The number of nitrogens with one attached hydrogen (secondary N) is 1. The summed E-state index contributed by atoms with van der Waals surface area (Å²) in [4.78, 5) is 0. The van der Waals surface area contributed by atoms with Gasteiger partial charge in [-0.1, -0.05) is 13.8 Å². The van der Waals surface area contributed by atoms with Crippen LogP contribution in [0.5, 0.6) is 0 Å². The van der Waals surface area contributed by atoms with E-state index in [2.05, 4.69) is 10.2 Å². The Kier molecular flexibility index (Phi) is 4.57. The molecular weight excluding hydrogens is 262 g/mol. The number of H-pyrrole nitrogens is 1. The lowest BCUT2D eigenvalue weighted by Crippen LogP contribution is -2.38. The Morgan fingerprint density at radius 3 is 2.53 bits per heavy atom. The highest BCUT2D eigenvalue weighted by atomic mass is 35.5. The Balaban J connectivity index is 3.12. The van der Waals surface area contributed by atoms with Gasteiger partial charge < -0.3 is 0 Å². The molecule has 0 fully saturated rings. The number of aromatic nitrogens is 2. The molecule has 0 spiro atoms. The van der Waals surface area contributed by atoms with Crippen LogP contribution in [0.3, 0.4) is 0 Å². The molecule has 1 atom stereocenters. The molecule has 0 saturated heterocycles. The first-order chi connectivity index (χ1) is 7.82. The predicted octanol–water partition coefficient (Wildman–Crippen LogP) is 1.81. The first-order valence-corrected chi connectivity index (χ1v) is 7.36. The van der Waals surface area contributed by atoms with Gasteiger partial charge in [0.2, 0.25) is 0 Å². The van der Waals surface area contributed by atoms with Crippen molar-refractivity contribution in [3.05, 3.63) is 11.8 Å². The molecule has 0 aliphatic carbocycles. The van der Waals surface area contributed by atoms with Crippen LogP contribution in [0.1, 0.15) is 26.3 Å². The maximum absolute atomic E-state index is 12.3. The van der Waals surface area contributed by atoms with E-state index in [1.54, 1.807) is 7.05 Å². The molecule has 0 aliphatic rings. The highest BCUT2D eigenvalue weighted by Gasteiger charge is 2.30. The molecule has 1 aromatic heterocycles. The van der Waals surface area contributed by atoms with Gasteiger partial charge in [-0.15, -0.1) is 11.6 Å². The third-order valence-electron chi connectivity index (χ3n) is 3.00. The quantitative estimate of drug-likeness (QED) is 0.836. The Hall–Kier alpha value is -0.590. The van der Waals surface area contributed by atoms with E-state index in [9.17, 15) is 8.42 Å². The van der Waals surface area contributed by atoms with Crippen molar-refractivity contribution in [2.24, 2.45) is 5.92 Å². The molecule has 5 nitrogen and oxygen atoms in total. The van der Waals surface area contributed by atoms with Gasteiger partial charge in [0.25, 0.3) is 10.0 Å². The molecule has 1 rings (SSSR count). The number of rotatable bonds is 5. The standard InChI is InChI=1S/C10H18ClN3O2S/c1-7(2)8(3)14(4)17(15,16)10-9(5-11)6-12-13-10/h6-8H,5H2,1-4H3,(H,12,13). The largest absolute Gasteiger partial charge is 0.266 e. The van der Waals surface area contributed by atoms with Gasteiger partial charge in [0.05, 0.1) is 12.1 Å². The summed E-state index contributed by atoms with van der Waals surface area (Å²) >= 11 is 5.68. The number of hydrogen-bond donors (Lipinski definition) is 1. The van der Waals surface area contributed by atoms with Gasteiger partial charge in [0.1, 0.15) is 0 Å². The topological polar surface area (TPSA) is 66.1 Å². The monoisotopic (exact) mass is 279 g/mol. The molecule has 1 aromatic rings. The number of aromatic amines is 1. The van der Waals surface area contributed by atoms with Crippen molar-refractivity contribution in [2.45, 2.75) is 37.7 Å². The van der Waals surface area contributed by atoms with E-state index < -0.39 is 10.0 Å². The molecule has 98 valence electrons. The van der Waals surface area contributed by atoms with Crippen LogP contribution in [-0.2, 0) is 15.9 Å². The molecule has 1 unspecified atom stereocenters. The van der Waals surface area contributed by atoms with Gasteiger partial charge in [-0.05, 0) is 12.8 Å². The molecule has 0 saturated carbocycles. The molecule has 17 heavy (non-hydrogen) atoms. The van der Waals surface area contributed by atoms with Crippen molar-refractivity contribution >= 4 is 21.6 Å². The van der Waals surface area contributed by atoms with E-state index in [1.807, 2.05) is 20.8 Å². The van der Waals surface area contributed by atoms with E-state index in [0.717, 1.165) is 0 Å². The fourth-order valence-corrected chi connectivity index (χ4v) is 3.28. The molecule has 1 N–H and O–H groups in total. The maximum Gasteiger partial charge on any atom is 0.260 e. The number of halogens is 1. The SMILES string of the molecule is CC(C)C(C)N(C)S(=O)(=O)c1[nH]ncc1CCl. The van der Waals surface area contributed by atoms with E-state index in [0.29, 0.717) is 5.56 Å². The molecule has 0 aliphatic heterocycles. The van der Waals surface area contributed by atoms with Gasteiger partial charge >= 0.3 is 0 Å². The second-order valence-electron chi connectivity index (χ2n) is 4.36. The summed E-state index contributed by atoms with van der Waals surface area (Å²) in [6.07, 6.45) is 1.44. The fraction of sp³-hybridized carbons (Fsp3) is 0.700. The summed E-state index contributed by atoms with van der Waals surface area (Å²) in [6, 6.07) is -0.0912. The summed E-state index contributed by atoms with van der Waals surface area (Å²) in [7, 11) is -1.98. The van der Waals surface area contributed by atoms with Crippen molar-refractivity contribution < 1.29 is 8.42 Å². The van der Waals surface area contributed by atoms with E-state index in [4.69, 9.17) is 11.6 Å². The second-order valence-corrected chi connectivity index (χ2v) is 6.57. The van der Waals surface area contributed by atoms with Gasteiger partial charge in [0, 0.05) is 18.7 Å². The van der Waals surface area contributed by atoms with Crippen molar-refractivity contribution in [3.63, 3.8) is 0 Å². The van der Waals surface area contributed by atoms with Crippen LogP contribution in [0.4, 0.5) is 0 Å². The zero-order valence-corrected chi connectivity index (χ0v) is 12.0. The third kappa shape index (κ3) is 2.81. The van der Waals surface area contributed by atoms with Crippen LogP contribution in [0.25, 0.3) is 0 Å². The highest BCUT2D eigenvalue weighted by molar-refractivity contribution is 7.89. The van der Waals surface area contributed by atoms with Gasteiger partial charge in [-0.3, -0.25) is 5.10 Å². The van der Waals surface area contributed by atoms with Crippen LogP contribution in [-0.4, -0.2) is 36.0 Å². The minimum Gasteiger partial charge on any atom is -0.266 e. The molecule has 0 radical (unpaired) electrons. The van der Waals surface area contributed by atoms with Crippen LogP contribution in [0.15, 0.2) is 11.2 Å². The van der Waals surface area contributed by atoms with Crippen LogP contribution < -0.4 is 0 Å². The Bertz CT molecular complexity index is 470.